The molecule has 2 fully saturated rings. The SMILES string of the molecule is CC[C@@H]1CCCCN1CCCNC(=O)[C@H]1CCCN(S(=O)(=O)c2ccc(F)cc2)C1. The monoisotopic (exact) mass is 439 g/mol. The van der Waals surface area contributed by atoms with Crippen LogP contribution in [0.15, 0.2) is 29.2 Å². The number of carbonyl (C=O) groups excluding carboxylic acids is 1. The third-order valence-corrected chi connectivity index (χ3v) is 8.23. The summed E-state index contributed by atoms with van der Waals surface area (Å²) >= 11 is 0. The molecular formula is C22H34FN3O3S. The number of sulfonamides is 1. The first kappa shape index (κ1) is 23.2. The number of carbonyl (C=O) groups is 1. The van der Waals surface area contributed by atoms with Crippen LogP contribution in [0.25, 0.3) is 0 Å². The Hall–Kier alpha value is -1.51. The predicted octanol–water partition coefficient (Wildman–Crippen LogP) is 3.00. The van der Waals surface area contributed by atoms with Crippen LogP contribution in [0.2, 0.25) is 0 Å². The largest absolute Gasteiger partial charge is 0.356 e. The second kappa shape index (κ2) is 10.7. The van der Waals surface area contributed by atoms with E-state index in [9.17, 15) is 17.6 Å². The summed E-state index contributed by atoms with van der Waals surface area (Å²) in [7, 11) is -3.71. The minimum absolute atomic E-state index is 0.0666. The van der Waals surface area contributed by atoms with E-state index in [4.69, 9.17) is 0 Å². The van der Waals surface area contributed by atoms with Crippen LogP contribution in [0.4, 0.5) is 4.39 Å². The molecule has 1 N–H and O–H groups in total. The van der Waals surface area contributed by atoms with Gasteiger partial charge in [0.05, 0.1) is 10.8 Å². The topological polar surface area (TPSA) is 69.7 Å². The van der Waals surface area contributed by atoms with Crippen LogP contribution in [0, 0.1) is 11.7 Å². The Morgan fingerprint density at radius 3 is 2.63 bits per heavy atom. The van der Waals surface area contributed by atoms with Crippen molar-refractivity contribution in [1.82, 2.24) is 14.5 Å². The standard InChI is InChI=1S/C22H34FN3O3S/c1-2-20-8-3-4-14-25(20)15-6-13-24-22(27)18-7-5-16-26(17-18)30(28,29)21-11-9-19(23)10-12-21/h9-12,18,20H,2-8,13-17H2,1H3,(H,24,27)/t18-,20+/m0/s1. The molecule has 1 aromatic rings. The maximum atomic E-state index is 13.1. The molecular weight excluding hydrogens is 405 g/mol. The first-order valence-electron chi connectivity index (χ1n) is 11.2. The molecule has 2 aliphatic heterocycles. The van der Waals surface area contributed by atoms with Crippen LogP contribution in [0.5, 0.6) is 0 Å². The Kier molecular flexibility index (Phi) is 8.25. The van der Waals surface area contributed by atoms with Gasteiger partial charge in [0.25, 0.3) is 0 Å². The van der Waals surface area contributed by atoms with E-state index >= 15 is 0 Å². The van der Waals surface area contributed by atoms with E-state index in [0.29, 0.717) is 32.0 Å². The summed E-state index contributed by atoms with van der Waals surface area (Å²) < 4.78 is 40.1. The molecule has 2 saturated heterocycles. The number of benzene rings is 1. The lowest BCUT2D eigenvalue weighted by Crippen LogP contribution is -2.46. The summed E-state index contributed by atoms with van der Waals surface area (Å²) in [6.45, 7) is 5.55. The van der Waals surface area contributed by atoms with Gasteiger partial charge in [-0.25, -0.2) is 12.8 Å². The Morgan fingerprint density at radius 2 is 1.90 bits per heavy atom. The fraction of sp³-hybridized carbons (Fsp3) is 0.682. The van der Waals surface area contributed by atoms with Crippen LogP contribution in [-0.4, -0.2) is 62.3 Å². The van der Waals surface area contributed by atoms with E-state index < -0.39 is 15.8 Å². The third-order valence-electron chi connectivity index (χ3n) is 6.35. The quantitative estimate of drug-likeness (QED) is 0.632. The summed E-state index contributed by atoms with van der Waals surface area (Å²) in [6, 6.07) is 5.51. The molecule has 3 rings (SSSR count). The lowest BCUT2D eigenvalue weighted by atomic mass is 9.98. The molecule has 2 aliphatic rings. The molecule has 1 amide bonds. The number of piperidine rings is 2. The van der Waals surface area contributed by atoms with Crippen LogP contribution < -0.4 is 5.32 Å². The second-order valence-electron chi connectivity index (χ2n) is 8.39. The Balaban J connectivity index is 1.47. The molecule has 168 valence electrons. The lowest BCUT2D eigenvalue weighted by molar-refractivity contribution is -0.126. The average Bonchev–Trinajstić information content (AvgIpc) is 2.77. The number of amides is 1. The molecule has 0 aliphatic carbocycles. The summed E-state index contributed by atoms with van der Waals surface area (Å²) in [5, 5.41) is 3.01. The van der Waals surface area contributed by atoms with Gasteiger partial charge in [0.2, 0.25) is 15.9 Å². The van der Waals surface area contributed by atoms with Gasteiger partial charge in [0.1, 0.15) is 5.82 Å². The van der Waals surface area contributed by atoms with E-state index in [0.717, 1.165) is 31.6 Å². The molecule has 30 heavy (non-hydrogen) atoms. The van der Waals surface area contributed by atoms with Crippen molar-refractivity contribution >= 4 is 15.9 Å². The highest BCUT2D eigenvalue weighted by Crippen LogP contribution is 2.24. The minimum atomic E-state index is -3.71. The van der Waals surface area contributed by atoms with Crippen molar-refractivity contribution in [2.24, 2.45) is 5.92 Å². The van der Waals surface area contributed by atoms with Crippen molar-refractivity contribution in [3.05, 3.63) is 30.1 Å². The van der Waals surface area contributed by atoms with Gasteiger partial charge >= 0.3 is 0 Å². The zero-order chi connectivity index (χ0) is 21.6. The zero-order valence-electron chi connectivity index (χ0n) is 17.9. The number of hydrogen-bond acceptors (Lipinski definition) is 4. The number of rotatable bonds is 8. The van der Waals surface area contributed by atoms with Gasteiger partial charge in [0.15, 0.2) is 0 Å². The van der Waals surface area contributed by atoms with E-state index in [1.54, 1.807) is 0 Å². The highest BCUT2D eigenvalue weighted by atomic mass is 32.2. The van der Waals surface area contributed by atoms with E-state index in [-0.39, 0.29) is 23.3 Å². The molecule has 0 radical (unpaired) electrons. The van der Waals surface area contributed by atoms with Crippen molar-refractivity contribution in [3.63, 3.8) is 0 Å². The average molecular weight is 440 g/mol. The zero-order valence-corrected chi connectivity index (χ0v) is 18.7. The lowest BCUT2D eigenvalue weighted by Gasteiger charge is -2.35. The van der Waals surface area contributed by atoms with Crippen molar-refractivity contribution in [2.45, 2.75) is 62.8 Å². The number of likely N-dealkylation sites (tertiary alicyclic amines) is 1. The number of halogens is 1. The summed E-state index contributed by atoms with van der Waals surface area (Å²) in [5.74, 6) is -0.883. The maximum absolute atomic E-state index is 13.1. The van der Waals surface area contributed by atoms with Gasteiger partial charge in [-0.1, -0.05) is 13.3 Å². The van der Waals surface area contributed by atoms with Gasteiger partial charge in [-0.15, -0.1) is 0 Å². The Labute approximate surface area is 179 Å². The second-order valence-corrected chi connectivity index (χ2v) is 10.3. The van der Waals surface area contributed by atoms with Gasteiger partial charge in [-0.05, 0) is 69.3 Å². The molecule has 1 aromatic carbocycles. The van der Waals surface area contributed by atoms with Gasteiger partial charge in [-0.3, -0.25) is 4.79 Å². The molecule has 6 nitrogen and oxygen atoms in total. The number of nitrogens with one attached hydrogen (secondary N) is 1. The van der Waals surface area contributed by atoms with Crippen LogP contribution in [0.1, 0.15) is 51.9 Å². The van der Waals surface area contributed by atoms with Crippen LogP contribution in [-0.2, 0) is 14.8 Å². The molecule has 0 saturated carbocycles. The number of hydrogen-bond donors (Lipinski definition) is 1. The van der Waals surface area contributed by atoms with Crippen molar-refractivity contribution in [2.75, 3.05) is 32.7 Å². The highest BCUT2D eigenvalue weighted by Gasteiger charge is 2.33. The maximum Gasteiger partial charge on any atom is 0.243 e. The normalized spacial score (nSPS) is 23.9. The summed E-state index contributed by atoms with van der Waals surface area (Å²) in [6.07, 6.45) is 7.24. The molecule has 0 unspecified atom stereocenters. The Bertz CT molecular complexity index is 800. The van der Waals surface area contributed by atoms with Crippen LogP contribution in [0.3, 0.4) is 0 Å². The van der Waals surface area contributed by atoms with Crippen LogP contribution >= 0.6 is 0 Å². The van der Waals surface area contributed by atoms with E-state index in [1.807, 2.05) is 0 Å². The van der Waals surface area contributed by atoms with Crippen molar-refractivity contribution in [1.29, 1.82) is 0 Å². The third kappa shape index (κ3) is 5.80. The molecule has 2 atom stereocenters. The van der Waals surface area contributed by atoms with Gasteiger partial charge in [0, 0.05) is 32.2 Å². The van der Waals surface area contributed by atoms with E-state index in [1.165, 1.54) is 42.1 Å². The van der Waals surface area contributed by atoms with E-state index in [2.05, 4.69) is 17.1 Å². The van der Waals surface area contributed by atoms with Gasteiger partial charge in [-0.2, -0.15) is 4.31 Å². The molecule has 0 aromatic heterocycles. The highest BCUT2D eigenvalue weighted by molar-refractivity contribution is 7.89. The minimum Gasteiger partial charge on any atom is -0.356 e. The predicted molar refractivity (Wildman–Crippen MR) is 115 cm³/mol. The molecule has 0 spiro atoms. The first-order chi connectivity index (χ1) is 14.4. The smallest absolute Gasteiger partial charge is 0.243 e. The molecule has 8 heteroatoms. The molecule has 2 heterocycles. The fourth-order valence-corrected chi connectivity index (χ4v) is 6.11. The molecule has 0 bridgehead atoms. The first-order valence-corrected chi connectivity index (χ1v) is 12.6. The van der Waals surface area contributed by atoms with Crippen molar-refractivity contribution < 1.29 is 17.6 Å². The Morgan fingerprint density at radius 1 is 1.13 bits per heavy atom. The summed E-state index contributed by atoms with van der Waals surface area (Å²) in [4.78, 5) is 15.2. The fourth-order valence-electron chi connectivity index (χ4n) is 4.59. The van der Waals surface area contributed by atoms with Gasteiger partial charge < -0.3 is 10.2 Å². The number of nitrogens with zero attached hydrogens (tertiary/aromatic N) is 2. The van der Waals surface area contributed by atoms with Crippen molar-refractivity contribution in [3.8, 4) is 0 Å². The summed E-state index contributed by atoms with van der Waals surface area (Å²) in [5.41, 5.74) is 0.